The molecule has 5 heteroatoms. The van der Waals surface area contributed by atoms with Crippen molar-refractivity contribution in [3.8, 4) is 0 Å². The summed E-state index contributed by atoms with van der Waals surface area (Å²) in [6, 6.07) is 7.17. The first kappa shape index (κ1) is 12.1. The van der Waals surface area contributed by atoms with Crippen LogP contribution in [0.1, 0.15) is 12.8 Å². The summed E-state index contributed by atoms with van der Waals surface area (Å²) in [5, 5.41) is 1.48. The number of H-pyrrole nitrogens is 1. The molecule has 2 rings (SSSR count). The monoisotopic (exact) mass is 296 g/mol. The van der Waals surface area contributed by atoms with E-state index in [9.17, 15) is 9.59 Å². The number of fused-ring (bicyclic) bond motifs is 1. The molecule has 0 bridgehead atoms. The van der Waals surface area contributed by atoms with Crippen molar-refractivity contribution in [3.05, 3.63) is 45.1 Å². The number of rotatable bonds is 4. The van der Waals surface area contributed by atoms with E-state index in [1.807, 2.05) is 6.07 Å². The molecule has 0 aliphatic carbocycles. The first-order valence-corrected chi connectivity index (χ1v) is 6.64. The molecule has 1 aromatic heterocycles. The summed E-state index contributed by atoms with van der Waals surface area (Å²) in [5.41, 5.74) is 0.0569. The Kier molecular flexibility index (Phi) is 3.78. The number of aromatic amines is 1. The zero-order chi connectivity index (χ0) is 12.3. The average molecular weight is 297 g/mol. The minimum absolute atomic E-state index is 0.317. The number of aryl methyl sites for hydroxylation is 1. The molecule has 17 heavy (non-hydrogen) atoms. The predicted octanol–water partition coefficient (Wildman–Crippen LogP) is 1.86. The van der Waals surface area contributed by atoms with Crippen molar-refractivity contribution in [1.29, 1.82) is 0 Å². The van der Waals surface area contributed by atoms with Crippen molar-refractivity contribution in [1.82, 2.24) is 9.55 Å². The Morgan fingerprint density at radius 3 is 2.71 bits per heavy atom. The lowest BCUT2D eigenvalue weighted by Gasteiger charge is -2.08. The van der Waals surface area contributed by atoms with Crippen molar-refractivity contribution < 1.29 is 0 Å². The Morgan fingerprint density at radius 1 is 1.18 bits per heavy atom. The molecule has 0 saturated heterocycles. The molecular formula is C12H13BrN2O2. The summed E-state index contributed by atoms with van der Waals surface area (Å²) in [7, 11) is 0. The van der Waals surface area contributed by atoms with Crippen molar-refractivity contribution in [3.63, 3.8) is 0 Å². The quantitative estimate of drug-likeness (QED) is 0.692. The molecule has 0 unspecified atom stereocenters. The standard InChI is InChI=1S/C12H13BrN2O2/c13-7-3-4-8-15-10-6-2-1-5-9(10)11(16)14-12(15)17/h1-2,5-6H,3-4,7-8H2,(H,14,16,17). The number of nitrogens with zero attached hydrogens (tertiary/aromatic N) is 1. The summed E-state index contributed by atoms with van der Waals surface area (Å²) in [6.07, 6.45) is 1.90. The van der Waals surface area contributed by atoms with Gasteiger partial charge in [0.25, 0.3) is 5.56 Å². The zero-order valence-corrected chi connectivity index (χ0v) is 10.9. The second-order valence-electron chi connectivity index (χ2n) is 3.82. The number of aromatic nitrogens is 2. The summed E-state index contributed by atoms with van der Waals surface area (Å²) in [5.74, 6) is 0. The Hall–Kier alpha value is -1.36. The van der Waals surface area contributed by atoms with E-state index in [2.05, 4.69) is 20.9 Å². The maximum atomic E-state index is 11.7. The lowest BCUT2D eigenvalue weighted by molar-refractivity contribution is 0.621. The van der Waals surface area contributed by atoms with Gasteiger partial charge >= 0.3 is 5.69 Å². The third kappa shape index (κ3) is 2.49. The van der Waals surface area contributed by atoms with Gasteiger partial charge in [0.05, 0.1) is 10.9 Å². The fraction of sp³-hybridized carbons (Fsp3) is 0.333. The highest BCUT2D eigenvalue weighted by molar-refractivity contribution is 9.09. The first-order valence-electron chi connectivity index (χ1n) is 5.52. The van der Waals surface area contributed by atoms with Gasteiger partial charge in [0.1, 0.15) is 0 Å². The minimum atomic E-state index is -0.330. The fourth-order valence-corrected chi connectivity index (χ4v) is 2.23. The number of hydrogen-bond acceptors (Lipinski definition) is 2. The molecule has 0 aliphatic heterocycles. The number of unbranched alkanes of at least 4 members (excludes halogenated alkanes) is 1. The van der Waals surface area contributed by atoms with Crippen LogP contribution >= 0.6 is 15.9 Å². The number of para-hydroxylation sites is 1. The van der Waals surface area contributed by atoms with E-state index in [4.69, 9.17) is 0 Å². The Bertz CT molecular complexity index is 630. The second kappa shape index (κ2) is 5.31. The van der Waals surface area contributed by atoms with E-state index in [0.717, 1.165) is 18.2 Å². The molecule has 0 spiro atoms. The van der Waals surface area contributed by atoms with E-state index in [-0.39, 0.29) is 11.2 Å². The smallest absolute Gasteiger partial charge is 0.293 e. The summed E-state index contributed by atoms with van der Waals surface area (Å²) >= 11 is 3.36. The van der Waals surface area contributed by atoms with E-state index >= 15 is 0 Å². The Balaban J connectivity index is 2.54. The van der Waals surface area contributed by atoms with Crippen LogP contribution in [-0.4, -0.2) is 14.9 Å². The van der Waals surface area contributed by atoms with Crippen LogP contribution in [0.5, 0.6) is 0 Å². The van der Waals surface area contributed by atoms with Crippen LogP contribution in [0, 0.1) is 0 Å². The van der Waals surface area contributed by atoms with Crippen LogP contribution in [-0.2, 0) is 6.54 Å². The van der Waals surface area contributed by atoms with Gasteiger partial charge in [-0.25, -0.2) is 4.79 Å². The van der Waals surface area contributed by atoms with Gasteiger partial charge in [-0.1, -0.05) is 28.1 Å². The lowest BCUT2D eigenvalue weighted by Crippen LogP contribution is -2.30. The highest BCUT2D eigenvalue weighted by atomic mass is 79.9. The van der Waals surface area contributed by atoms with E-state index in [0.29, 0.717) is 17.4 Å². The van der Waals surface area contributed by atoms with Crippen LogP contribution in [0.2, 0.25) is 0 Å². The van der Waals surface area contributed by atoms with Crippen molar-refractivity contribution in [2.75, 3.05) is 5.33 Å². The molecular weight excluding hydrogens is 284 g/mol. The number of alkyl halides is 1. The molecule has 0 atom stereocenters. The van der Waals surface area contributed by atoms with E-state index in [1.165, 1.54) is 0 Å². The molecule has 0 fully saturated rings. The van der Waals surface area contributed by atoms with E-state index < -0.39 is 0 Å². The van der Waals surface area contributed by atoms with Crippen molar-refractivity contribution in [2.45, 2.75) is 19.4 Å². The fourth-order valence-electron chi connectivity index (χ4n) is 1.83. The van der Waals surface area contributed by atoms with Gasteiger partial charge in [-0.05, 0) is 25.0 Å². The van der Waals surface area contributed by atoms with Crippen LogP contribution in [0.4, 0.5) is 0 Å². The van der Waals surface area contributed by atoms with E-state index in [1.54, 1.807) is 22.8 Å². The molecule has 0 aliphatic rings. The highest BCUT2D eigenvalue weighted by Gasteiger charge is 2.05. The molecule has 0 radical (unpaired) electrons. The van der Waals surface area contributed by atoms with Gasteiger partial charge in [0.15, 0.2) is 0 Å². The predicted molar refractivity (Wildman–Crippen MR) is 71.9 cm³/mol. The van der Waals surface area contributed by atoms with Crippen molar-refractivity contribution >= 4 is 26.8 Å². The molecule has 1 N–H and O–H groups in total. The number of halogens is 1. The molecule has 0 saturated carbocycles. The van der Waals surface area contributed by atoms with Gasteiger partial charge in [0, 0.05) is 11.9 Å². The number of benzene rings is 1. The third-order valence-electron chi connectivity index (χ3n) is 2.67. The lowest BCUT2D eigenvalue weighted by atomic mass is 10.2. The largest absolute Gasteiger partial charge is 0.328 e. The van der Waals surface area contributed by atoms with Crippen LogP contribution in [0.15, 0.2) is 33.9 Å². The normalized spacial score (nSPS) is 10.9. The molecule has 1 aromatic carbocycles. The SMILES string of the molecule is O=c1[nH]c(=O)n(CCCCBr)c2ccccc12. The zero-order valence-electron chi connectivity index (χ0n) is 9.28. The third-order valence-corrected chi connectivity index (χ3v) is 3.23. The average Bonchev–Trinajstić information content (AvgIpc) is 2.33. The molecule has 4 nitrogen and oxygen atoms in total. The maximum Gasteiger partial charge on any atom is 0.328 e. The first-order chi connectivity index (χ1) is 8.24. The highest BCUT2D eigenvalue weighted by Crippen LogP contribution is 2.07. The van der Waals surface area contributed by atoms with Gasteiger partial charge in [0.2, 0.25) is 0 Å². The van der Waals surface area contributed by atoms with Crippen LogP contribution in [0.25, 0.3) is 10.9 Å². The molecule has 0 amide bonds. The van der Waals surface area contributed by atoms with Crippen molar-refractivity contribution in [2.24, 2.45) is 0 Å². The van der Waals surface area contributed by atoms with Gasteiger partial charge in [-0.15, -0.1) is 0 Å². The van der Waals surface area contributed by atoms with Crippen LogP contribution in [0.3, 0.4) is 0 Å². The number of nitrogens with one attached hydrogen (secondary N) is 1. The van der Waals surface area contributed by atoms with Crippen LogP contribution < -0.4 is 11.2 Å². The molecule has 90 valence electrons. The topological polar surface area (TPSA) is 54.9 Å². The Labute approximate surface area is 106 Å². The summed E-state index contributed by atoms with van der Waals surface area (Å²) in [6.45, 7) is 0.627. The summed E-state index contributed by atoms with van der Waals surface area (Å²) in [4.78, 5) is 25.7. The molecule has 2 aromatic rings. The Morgan fingerprint density at radius 2 is 1.94 bits per heavy atom. The van der Waals surface area contributed by atoms with Gasteiger partial charge in [-0.2, -0.15) is 0 Å². The van der Waals surface area contributed by atoms with Gasteiger partial charge in [-0.3, -0.25) is 14.3 Å². The molecule has 1 heterocycles. The van der Waals surface area contributed by atoms with Gasteiger partial charge < -0.3 is 0 Å². The maximum absolute atomic E-state index is 11.7. The summed E-state index contributed by atoms with van der Waals surface area (Å²) < 4.78 is 1.62. The number of hydrogen-bond donors (Lipinski definition) is 1. The minimum Gasteiger partial charge on any atom is -0.293 e. The second-order valence-corrected chi connectivity index (χ2v) is 4.62.